The van der Waals surface area contributed by atoms with Gasteiger partial charge in [-0.15, -0.1) is 0 Å². The maximum absolute atomic E-state index is 12.0. The Bertz CT molecular complexity index is 730. The molecule has 0 unspecified atom stereocenters. The molecule has 1 aromatic rings. The quantitative estimate of drug-likeness (QED) is 0.332. The number of halogens is 1. The van der Waals surface area contributed by atoms with Gasteiger partial charge >= 0.3 is 18.0 Å². The number of hydrogen-bond acceptors (Lipinski definition) is 8. The predicted molar refractivity (Wildman–Crippen MR) is 117 cm³/mol. The van der Waals surface area contributed by atoms with Gasteiger partial charge in [0.05, 0.1) is 26.7 Å². The molecule has 0 bridgehead atoms. The Balaban J connectivity index is 0.000000577. The monoisotopic (exact) mass is 502 g/mol. The van der Waals surface area contributed by atoms with Crippen LogP contribution in [0.2, 0.25) is 0 Å². The first-order valence-electron chi connectivity index (χ1n) is 9.78. The van der Waals surface area contributed by atoms with E-state index >= 15 is 0 Å². The number of carbonyl (C=O) groups excluding carboxylic acids is 3. The van der Waals surface area contributed by atoms with Gasteiger partial charge in [0.15, 0.2) is 6.10 Å². The maximum Gasteiger partial charge on any atom is 0.422 e. The maximum atomic E-state index is 12.0. The topological polar surface area (TPSA) is 114 Å². The van der Waals surface area contributed by atoms with Gasteiger partial charge in [0.1, 0.15) is 5.60 Å². The SMILES string of the molecule is COC(=O)C1CC1.COC(=O)[C@H](O)CN(Cc1ccc(Br)cc1)NC(=O)OC(C)(C)C. The van der Waals surface area contributed by atoms with E-state index in [1.165, 1.54) is 19.2 Å². The van der Waals surface area contributed by atoms with Gasteiger partial charge in [0.25, 0.3) is 0 Å². The van der Waals surface area contributed by atoms with E-state index in [2.05, 4.69) is 30.8 Å². The summed E-state index contributed by atoms with van der Waals surface area (Å²) < 4.78 is 15.1. The molecule has 0 radical (unpaired) electrons. The van der Waals surface area contributed by atoms with Crippen LogP contribution in [-0.2, 0) is 30.3 Å². The van der Waals surface area contributed by atoms with Crippen LogP contribution < -0.4 is 5.43 Å². The molecule has 174 valence electrons. The minimum Gasteiger partial charge on any atom is -0.469 e. The second kappa shape index (κ2) is 12.6. The van der Waals surface area contributed by atoms with Crippen LogP contribution in [0, 0.1) is 5.92 Å². The highest BCUT2D eigenvalue weighted by Crippen LogP contribution is 2.29. The molecule has 1 fully saturated rings. The summed E-state index contributed by atoms with van der Waals surface area (Å²) in [6.45, 7) is 5.38. The summed E-state index contributed by atoms with van der Waals surface area (Å²) in [6.07, 6.45) is 0.0105. The Morgan fingerprint density at radius 3 is 2.16 bits per heavy atom. The average molecular weight is 503 g/mol. The molecule has 0 aliphatic heterocycles. The number of carbonyl (C=O) groups is 3. The van der Waals surface area contributed by atoms with Crippen LogP contribution in [0.3, 0.4) is 0 Å². The smallest absolute Gasteiger partial charge is 0.422 e. The molecule has 0 heterocycles. The van der Waals surface area contributed by atoms with E-state index in [1.54, 1.807) is 20.8 Å². The molecule has 1 amide bonds. The van der Waals surface area contributed by atoms with Crippen LogP contribution in [0.4, 0.5) is 4.79 Å². The number of esters is 2. The summed E-state index contributed by atoms with van der Waals surface area (Å²) in [5.41, 5.74) is 2.76. The van der Waals surface area contributed by atoms with E-state index in [0.717, 1.165) is 22.9 Å². The molecular weight excluding hydrogens is 472 g/mol. The zero-order chi connectivity index (χ0) is 23.6. The molecule has 31 heavy (non-hydrogen) atoms. The lowest BCUT2D eigenvalue weighted by Crippen LogP contribution is -2.48. The third kappa shape index (κ3) is 11.7. The number of nitrogens with one attached hydrogen (secondary N) is 1. The number of methoxy groups -OCH3 is 2. The summed E-state index contributed by atoms with van der Waals surface area (Å²) in [4.78, 5) is 33.7. The molecule has 0 spiro atoms. The molecular formula is C21H31BrN2O7. The van der Waals surface area contributed by atoms with Gasteiger partial charge in [-0.25, -0.2) is 14.6 Å². The summed E-state index contributed by atoms with van der Waals surface area (Å²) in [5, 5.41) is 11.2. The van der Waals surface area contributed by atoms with E-state index in [1.807, 2.05) is 24.3 Å². The number of aliphatic hydroxyl groups excluding tert-OH is 1. The molecule has 1 aromatic carbocycles. The molecule has 2 N–H and O–H groups in total. The first-order valence-corrected chi connectivity index (χ1v) is 10.6. The molecule has 2 rings (SSSR count). The Hall–Kier alpha value is -2.17. The van der Waals surface area contributed by atoms with E-state index in [4.69, 9.17) is 4.74 Å². The number of hydrogen-bond donors (Lipinski definition) is 2. The van der Waals surface area contributed by atoms with Crippen LogP contribution >= 0.6 is 15.9 Å². The van der Waals surface area contributed by atoms with Crippen molar-refractivity contribution < 1.29 is 33.7 Å². The minimum atomic E-state index is -1.39. The largest absolute Gasteiger partial charge is 0.469 e. The van der Waals surface area contributed by atoms with Gasteiger partial charge in [-0.05, 0) is 51.3 Å². The normalized spacial score (nSPS) is 14.1. The van der Waals surface area contributed by atoms with Crippen molar-refractivity contribution in [1.29, 1.82) is 0 Å². The third-order valence-corrected chi connectivity index (χ3v) is 4.44. The predicted octanol–water partition coefficient (Wildman–Crippen LogP) is 2.79. The highest BCUT2D eigenvalue weighted by atomic mass is 79.9. The molecule has 1 aliphatic rings. The highest BCUT2D eigenvalue weighted by molar-refractivity contribution is 9.10. The van der Waals surface area contributed by atoms with Crippen molar-refractivity contribution in [3.05, 3.63) is 34.3 Å². The Morgan fingerprint density at radius 1 is 1.16 bits per heavy atom. The molecule has 1 saturated carbocycles. The number of nitrogens with zero attached hydrogens (tertiary/aromatic N) is 1. The Morgan fingerprint density at radius 2 is 1.74 bits per heavy atom. The summed E-state index contributed by atoms with van der Waals surface area (Å²) >= 11 is 3.35. The molecule has 9 nitrogen and oxygen atoms in total. The van der Waals surface area contributed by atoms with E-state index in [0.29, 0.717) is 0 Å². The van der Waals surface area contributed by atoms with Crippen molar-refractivity contribution in [3.63, 3.8) is 0 Å². The van der Waals surface area contributed by atoms with Crippen molar-refractivity contribution in [3.8, 4) is 0 Å². The zero-order valence-corrected chi connectivity index (χ0v) is 20.1. The van der Waals surface area contributed by atoms with Gasteiger partial charge in [-0.3, -0.25) is 10.2 Å². The zero-order valence-electron chi connectivity index (χ0n) is 18.5. The van der Waals surface area contributed by atoms with Crippen molar-refractivity contribution in [2.75, 3.05) is 20.8 Å². The van der Waals surface area contributed by atoms with Gasteiger partial charge in [0.2, 0.25) is 0 Å². The van der Waals surface area contributed by atoms with Crippen LogP contribution in [0.25, 0.3) is 0 Å². The van der Waals surface area contributed by atoms with Crippen molar-refractivity contribution in [1.82, 2.24) is 10.4 Å². The number of hydrazine groups is 1. The fourth-order valence-electron chi connectivity index (χ4n) is 2.29. The van der Waals surface area contributed by atoms with E-state index in [9.17, 15) is 19.5 Å². The molecule has 1 atom stereocenters. The van der Waals surface area contributed by atoms with Crippen LogP contribution in [0.15, 0.2) is 28.7 Å². The molecule has 10 heteroatoms. The second-order valence-corrected chi connectivity index (χ2v) is 8.87. The van der Waals surface area contributed by atoms with Gasteiger partial charge < -0.3 is 19.3 Å². The fraction of sp³-hybridized carbons (Fsp3) is 0.571. The number of aliphatic hydroxyl groups is 1. The fourth-order valence-corrected chi connectivity index (χ4v) is 2.56. The van der Waals surface area contributed by atoms with E-state index in [-0.39, 0.29) is 25.0 Å². The lowest BCUT2D eigenvalue weighted by Gasteiger charge is -2.27. The van der Waals surface area contributed by atoms with Crippen molar-refractivity contribution >= 4 is 34.0 Å². The summed E-state index contributed by atoms with van der Waals surface area (Å²) in [5.74, 6) is -0.563. The van der Waals surface area contributed by atoms with Crippen LogP contribution in [-0.4, -0.2) is 60.6 Å². The standard InChI is InChI=1S/C16H23BrN2O5.C5H8O2/c1-16(2,3)24-15(22)18-19(10-13(20)14(21)23-4)9-11-5-7-12(17)8-6-11;1-7-5(6)4-2-3-4/h5-8,13,20H,9-10H2,1-4H3,(H,18,22);4H,2-3H2,1H3/t13-;/m1./s1. The third-order valence-electron chi connectivity index (χ3n) is 3.91. The van der Waals surface area contributed by atoms with Gasteiger partial charge in [-0.1, -0.05) is 28.1 Å². The van der Waals surface area contributed by atoms with Gasteiger partial charge in [0, 0.05) is 11.0 Å². The first-order chi connectivity index (χ1) is 14.4. The molecule has 0 aromatic heterocycles. The van der Waals surface area contributed by atoms with Crippen molar-refractivity contribution in [2.24, 2.45) is 5.92 Å². The lowest BCUT2D eigenvalue weighted by atomic mass is 10.2. The highest BCUT2D eigenvalue weighted by Gasteiger charge is 2.30. The lowest BCUT2D eigenvalue weighted by molar-refractivity contribution is -0.152. The molecule has 1 aliphatic carbocycles. The molecule has 0 saturated heterocycles. The Labute approximate surface area is 191 Å². The number of amides is 1. The summed E-state index contributed by atoms with van der Waals surface area (Å²) in [6, 6.07) is 7.44. The average Bonchev–Trinajstić information content (AvgIpc) is 3.52. The second-order valence-electron chi connectivity index (χ2n) is 7.96. The van der Waals surface area contributed by atoms with Crippen LogP contribution in [0.5, 0.6) is 0 Å². The number of rotatable bonds is 7. The first kappa shape index (κ1) is 26.9. The number of ether oxygens (including phenoxy) is 3. The van der Waals surface area contributed by atoms with Crippen LogP contribution in [0.1, 0.15) is 39.2 Å². The Kier molecular flexibility index (Phi) is 10.9. The van der Waals surface area contributed by atoms with Crippen molar-refractivity contribution in [2.45, 2.75) is 51.9 Å². The van der Waals surface area contributed by atoms with E-state index < -0.39 is 23.8 Å². The minimum absolute atomic E-state index is 0.0417. The van der Waals surface area contributed by atoms with Gasteiger partial charge in [-0.2, -0.15) is 0 Å². The summed E-state index contributed by atoms with van der Waals surface area (Å²) in [7, 11) is 2.62. The number of benzene rings is 1.